The highest BCUT2D eigenvalue weighted by molar-refractivity contribution is 5.94. The van der Waals surface area contributed by atoms with Gasteiger partial charge in [-0.3, -0.25) is 4.79 Å². The van der Waals surface area contributed by atoms with Gasteiger partial charge in [-0.2, -0.15) is 13.2 Å². The first-order valence-corrected chi connectivity index (χ1v) is 11.0. The van der Waals surface area contributed by atoms with Crippen molar-refractivity contribution in [2.45, 2.75) is 32.1 Å². The SMILES string of the molecule is Cc1cc(-c2ncccn2)cc(C(=O)N2CC3CC3CC2N(C)c2ccc(C(F)(F)F)cn2)n1. The normalized spacial score (nSPS) is 21.7. The summed E-state index contributed by atoms with van der Waals surface area (Å²) in [5.74, 6) is 1.60. The number of aryl methyl sites for hydroxylation is 1. The summed E-state index contributed by atoms with van der Waals surface area (Å²) >= 11 is 0. The first kappa shape index (κ1) is 22.2. The molecule has 3 aromatic rings. The van der Waals surface area contributed by atoms with Crippen molar-refractivity contribution in [2.24, 2.45) is 11.8 Å². The number of aromatic nitrogens is 4. The topological polar surface area (TPSA) is 75.1 Å². The molecular weight excluding hydrogens is 445 g/mol. The molecule has 1 saturated heterocycles. The van der Waals surface area contributed by atoms with Crippen LogP contribution >= 0.6 is 0 Å². The molecule has 10 heteroatoms. The molecule has 176 valence electrons. The molecule has 3 aromatic heterocycles. The Kier molecular flexibility index (Phi) is 5.45. The zero-order chi connectivity index (χ0) is 24.0. The largest absolute Gasteiger partial charge is 0.417 e. The van der Waals surface area contributed by atoms with Crippen molar-refractivity contribution in [1.29, 1.82) is 0 Å². The highest BCUT2D eigenvalue weighted by atomic mass is 19.4. The fraction of sp³-hybridized carbons (Fsp3) is 0.375. The van der Waals surface area contributed by atoms with Crippen LogP contribution in [0.4, 0.5) is 19.0 Å². The molecular formula is C24H23F3N6O. The van der Waals surface area contributed by atoms with Gasteiger partial charge < -0.3 is 9.80 Å². The van der Waals surface area contributed by atoms with E-state index in [4.69, 9.17) is 0 Å². The van der Waals surface area contributed by atoms with Gasteiger partial charge in [-0.15, -0.1) is 0 Å². The first-order valence-electron chi connectivity index (χ1n) is 11.0. The van der Waals surface area contributed by atoms with Crippen molar-refractivity contribution in [3.63, 3.8) is 0 Å². The van der Waals surface area contributed by atoms with Crippen molar-refractivity contribution in [2.75, 3.05) is 18.5 Å². The van der Waals surface area contributed by atoms with Gasteiger partial charge in [0.2, 0.25) is 0 Å². The molecule has 34 heavy (non-hydrogen) atoms. The number of piperidine rings is 1. The zero-order valence-electron chi connectivity index (χ0n) is 18.7. The Morgan fingerprint density at radius 3 is 2.53 bits per heavy atom. The van der Waals surface area contributed by atoms with Crippen molar-refractivity contribution in [3.8, 4) is 11.4 Å². The molecule has 0 N–H and O–H groups in total. The van der Waals surface area contributed by atoms with Crippen LogP contribution in [0.25, 0.3) is 11.4 Å². The summed E-state index contributed by atoms with van der Waals surface area (Å²) in [6.45, 7) is 2.39. The molecule has 0 spiro atoms. The third kappa shape index (κ3) is 4.32. The summed E-state index contributed by atoms with van der Waals surface area (Å²) in [5.41, 5.74) is 0.861. The van der Waals surface area contributed by atoms with Crippen LogP contribution in [0.3, 0.4) is 0 Å². The summed E-state index contributed by atoms with van der Waals surface area (Å²) in [7, 11) is 1.76. The molecule has 3 atom stereocenters. The Labute approximate surface area is 194 Å². The number of halogens is 3. The van der Waals surface area contributed by atoms with Crippen molar-refractivity contribution < 1.29 is 18.0 Å². The number of fused-ring (bicyclic) bond motifs is 1. The minimum absolute atomic E-state index is 0.227. The number of hydrogen-bond donors (Lipinski definition) is 0. The van der Waals surface area contributed by atoms with Crippen LogP contribution in [0.15, 0.2) is 48.9 Å². The number of carbonyl (C=O) groups excluding carboxylic acids is 1. The zero-order valence-corrected chi connectivity index (χ0v) is 18.7. The van der Waals surface area contributed by atoms with Gasteiger partial charge in [-0.25, -0.2) is 19.9 Å². The Morgan fingerprint density at radius 2 is 1.85 bits per heavy atom. The van der Waals surface area contributed by atoms with Gasteiger partial charge in [0.15, 0.2) is 5.82 Å². The predicted molar refractivity (Wildman–Crippen MR) is 119 cm³/mol. The molecule has 2 fully saturated rings. The molecule has 0 bridgehead atoms. The number of carbonyl (C=O) groups is 1. The van der Waals surface area contributed by atoms with E-state index in [1.807, 2.05) is 13.0 Å². The van der Waals surface area contributed by atoms with Crippen molar-refractivity contribution >= 4 is 11.7 Å². The van der Waals surface area contributed by atoms with Crippen molar-refractivity contribution in [1.82, 2.24) is 24.8 Å². The second-order valence-electron chi connectivity index (χ2n) is 8.90. The number of rotatable bonds is 4. The van der Waals surface area contributed by atoms with Crippen LogP contribution in [0.1, 0.15) is 34.6 Å². The maximum atomic E-state index is 13.7. The van der Waals surface area contributed by atoms with E-state index < -0.39 is 11.7 Å². The summed E-state index contributed by atoms with van der Waals surface area (Å²) < 4.78 is 38.9. The average Bonchev–Trinajstić information content (AvgIpc) is 3.60. The highest BCUT2D eigenvalue weighted by Crippen LogP contribution is 2.48. The number of anilines is 1. The number of hydrogen-bond acceptors (Lipinski definition) is 6. The van der Waals surface area contributed by atoms with E-state index in [1.54, 1.807) is 41.4 Å². The summed E-state index contributed by atoms with van der Waals surface area (Å²) in [5, 5.41) is 0. The lowest BCUT2D eigenvalue weighted by Gasteiger charge is -2.41. The molecule has 4 heterocycles. The number of amides is 1. The predicted octanol–water partition coefficient (Wildman–Crippen LogP) is 4.21. The molecule has 2 aliphatic rings. The van der Waals surface area contributed by atoms with E-state index >= 15 is 0 Å². The molecule has 1 aliphatic carbocycles. The van der Waals surface area contributed by atoms with Gasteiger partial charge >= 0.3 is 6.18 Å². The van der Waals surface area contributed by atoms with Crippen LogP contribution in [0, 0.1) is 18.8 Å². The lowest BCUT2D eigenvalue weighted by molar-refractivity contribution is -0.137. The molecule has 0 radical (unpaired) electrons. The van der Waals surface area contributed by atoms with Gasteiger partial charge in [-0.1, -0.05) is 0 Å². The molecule has 1 aliphatic heterocycles. The lowest BCUT2D eigenvalue weighted by Crippen LogP contribution is -2.53. The smallest absolute Gasteiger partial charge is 0.339 e. The molecule has 1 amide bonds. The van der Waals surface area contributed by atoms with E-state index in [0.29, 0.717) is 47.0 Å². The fourth-order valence-corrected chi connectivity index (χ4v) is 4.60. The Balaban J connectivity index is 1.44. The number of pyridine rings is 2. The molecule has 1 saturated carbocycles. The molecule has 7 nitrogen and oxygen atoms in total. The van der Waals surface area contributed by atoms with Gasteiger partial charge in [0.1, 0.15) is 17.7 Å². The average molecular weight is 468 g/mol. The lowest BCUT2D eigenvalue weighted by atomic mass is 10.1. The fourth-order valence-electron chi connectivity index (χ4n) is 4.60. The summed E-state index contributed by atoms with van der Waals surface area (Å²) in [6.07, 6.45) is 1.09. The minimum atomic E-state index is -4.45. The summed E-state index contributed by atoms with van der Waals surface area (Å²) in [4.78, 5) is 34.2. The second-order valence-corrected chi connectivity index (χ2v) is 8.90. The standard InChI is InChI=1S/C24H23F3N6O/c1-14-8-16(22-28-6-3-7-29-22)10-19(31-14)23(34)33-13-17-9-15(17)11-21(33)32(2)20-5-4-18(12-30-20)24(25,26)27/h3-8,10,12,15,17,21H,9,11,13H2,1-2H3. The third-order valence-electron chi connectivity index (χ3n) is 6.51. The van der Waals surface area contributed by atoms with Crippen LogP contribution in [0.2, 0.25) is 0 Å². The summed E-state index contributed by atoms with van der Waals surface area (Å²) in [6, 6.07) is 7.60. The minimum Gasteiger partial charge on any atom is -0.339 e. The first-order chi connectivity index (χ1) is 16.2. The van der Waals surface area contributed by atoms with Crippen LogP contribution in [-0.2, 0) is 6.18 Å². The van der Waals surface area contributed by atoms with E-state index in [-0.39, 0.29) is 12.1 Å². The quantitative estimate of drug-likeness (QED) is 0.571. The maximum absolute atomic E-state index is 13.7. The molecule has 5 rings (SSSR count). The number of alkyl halides is 3. The molecule has 3 unspecified atom stereocenters. The molecule has 0 aromatic carbocycles. The monoisotopic (exact) mass is 468 g/mol. The van der Waals surface area contributed by atoms with Crippen LogP contribution < -0.4 is 4.90 Å². The maximum Gasteiger partial charge on any atom is 0.417 e. The third-order valence-corrected chi connectivity index (χ3v) is 6.51. The number of likely N-dealkylation sites (tertiary alicyclic amines) is 1. The second kappa shape index (κ2) is 8.34. The highest BCUT2D eigenvalue weighted by Gasteiger charge is 2.48. The van der Waals surface area contributed by atoms with Gasteiger partial charge in [0.25, 0.3) is 5.91 Å². The van der Waals surface area contributed by atoms with Crippen molar-refractivity contribution in [3.05, 3.63) is 65.9 Å². The van der Waals surface area contributed by atoms with E-state index in [2.05, 4.69) is 19.9 Å². The van der Waals surface area contributed by atoms with E-state index in [9.17, 15) is 18.0 Å². The number of nitrogens with zero attached hydrogens (tertiary/aromatic N) is 6. The van der Waals surface area contributed by atoms with E-state index in [1.165, 1.54) is 6.07 Å². The Bertz CT molecular complexity index is 1200. The van der Waals surface area contributed by atoms with E-state index in [0.717, 1.165) is 25.1 Å². The van der Waals surface area contributed by atoms with Crippen LogP contribution in [0.5, 0.6) is 0 Å². The Hall–Kier alpha value is -3.56. The van der Waals surface area contributed by atoms with Gasteiger partial charge in [0.05, 0.1) is 5.56 Å². The van der Waals surface area contributed by atoms with Crippen LogP contribution in [-0.4, -0.2) is 50.5 Å². The Morgan fingerprint density at radius 1 is 1.09 bits per heavy atom. The van der Waals surface area contributed by atoms with Gasteiger partial charge in [-0.05, 0) is 61.9 Å². The van der Waals surface area contributed by atoms with Gasteiger partial charge in [0, 0.05) is 43.4 Å².